The predicted octanol–water partition coefficient (Wildman–Crippen LogP) is 2.67. The zero-order valence-electron chi connectivity index (χ0n) is 46.9. The van der Waals surface area contributed by atoms with Crippen molar-refractivity contribution in [2.24, 2.45) is 21.1 Å². The van der Waals surface area contributed by atoms with E-state index in [1.165, 1.54) is 24.4 Å². The summed E-state index contributed by atoms with van der Waals surface area (Å²) < 4.78 is 22.0. The van der Waals surface area contributed by atoms with Crippen molar-refractivity contribution in [1.29, 1.82) is 0 Å². The van der Waals surface area contributed by atoms with Crippen molar-refractivity contribution in [2.75, 3.05) is 31.1 Å². The second-order valence-electron chi connectivity index (χ2n) is 21.4. The lowest BCUT2D eigenvalue weighted by atomic mass is 9.82. The summed E-state index contributed by atoms with van der Waals surface area (Å²) in [6.07, 6.45) is 2.08. The largest absolute Gasteiger partial charge is 0.503 e. The Balaban J connectivity index is 1.04. The van der Waals surface area contributed by atoms with Crippen LogP contribution in [0.2, 0.25) is 0 Å². The highest BCUT2D eigenvalue weighted by Crippen LogP contribution is 2.38. The molecule has 440 valence electrons. The number of hydrogen-bond acceptors (Lipinski definition) is 14. The van der Waals surface area contributed by atoms with Crippen molar-refractivity contribution in [3.05, 3.63) is 123 Å². The molecule has 5 heterocycles. The Hall–Kier alpha value is -8.77. The van der Waals surface area contributed by atoms with Crippen molar-refractivity contribution in [3.8, 4) is 17.2 Å². The van der Waals surface area contributed by atoms with E-state index in [1.807, 2.05) is 0 Å². The van der Waals surface area contributed by atoms with E-state index < -0.39 is 85.5 Å². The minimum Gasteiger partial charge on any atom is -0.503 e. The van der Waals surface area contributed by atoms with Crippen LogP contribution in [0.1, 0.15) is 128 Å². The molecule has 1 aliphatic carbocycles. The number of fused-ring (bicyclic) bond motifs is 1. The number of rotatable bonds is 24. The van der Waals surface area contributed by atoms with Crippen LogP contribution in [0, 0.1) is 26.6 Å². The van der Waals surface area contributed by atoms with Gasteiger partial charge in [0.2, 0.25) is 51.3 Å². The van der Waals surface area contributed by atoms with Crippen LogP contribution in [0.4, 0.5) is 10.1 Å². The number of aromatic nitrogens is 4. The van der Waals surface area contributed by atoms with Gasteiger partial charge < -0.3 is 69.8 Å². The molecule has 0 unspecified atom stereocenters. The van der Waals surface area contributed by atoms with Gasteiger partial charge >= 0.3 is 5.97 Å². The van der Waals surface area contributed by atoms with Gasteiger partial charge in [-0.3, -0.25) is 43.2 Å². The fourth-order valence-electron chi connectivity index (χ4n) is 10.3. The molecule has 5 amide bonds. The van der Waals surface area contributed by atoms with E-state index in [-0.39, 0.29) is 150 Å². The van der Waals surface area contributed by atoms with Crippen LogP contribution < -0.4 is 47.9 Å². The third-order valence-corrected chi connectivity index (χ3v) is 15.9. The summed E-state index contributed by atoms with van der Waals surface area (Å²) in [5.74, 6) is -6.15. The minimum absolute atomic E-state index is 0.00863. The molecule has 5 aromatic rings. The van der Waals surface area contributed by atoms with E-state index in [2.05, 4.69) is 21.3 Å². The fraction of sp³-hybridized carbons (Fsp3) is 0.474. The van der Waals surface area contributed by atoms with Crippen LogP contribution in [0.3, 0.4) is 0 Å². The van der Waals surface area contributed by atoms with Gasteiger partial charge in [-0.1, -0.05) is 0 Å². The van der Waals surface area contributed by atoms with E-state index in [1.54, 1.807) is 76.0 Å². The standard InChI is InChI=1S/C57H71FN10O14/c1-32-23-44(69)53(78)41(63(32)4)28-59-47(72)13-16-57(17-14-48(73)60-29-42-54(79)45(70)24-33(2)64(42)5,18-15-49(74)61-30-43-55(80)46(71)25-34(3)65(43)6)62-50(75)9-7-8-10-51(76)67-21-19-66(20-22-67)40-27-39-36(26-38(40)58)52(77)37(56(81)82)31-68(39)35-11-12-35/h23-27,31,35,78-80H,7-22,28-30H2,1-6H3,(H,59,72)(H,60,73)(H,61,74)(H,62,75)(H,81,82). The lowest BCUT2D eigenvalue weighted by Gasteiger charge is -2.36. The SMILES string of the molecule is Cc1cc(=O)c(O)c(CNC(=O)CCC(CCC(=O)NCc2c(O)c(=O)cc(C)n2C)(CCC(=O)NCc2c(O)c(=O)cc(C)n2C)NC(=O)CCCCC(=O)N2CCN(c3cc4c(cc3F)c(=O)c(C(=O)O)cn4C3CC3)CC2)n1C. The first-order valence-corrected chi connectivity index (χ1v) is 27.2. The Morgan fingerprint density at radius 1 is 0.598 bits per heavy atom. The molecule has 2 aliphatic rings. The van der Waals surface area contributed by atoms with E-state index in [0.29, 0.717) is 22.6 Å². The van der Waals surface area contributed by atoms with E-state index >= 15 is 4.39 Å². The highest BCUT2D eigenvalue weighted by molar-refractivity contribution is 5.94. The van der Waals surface area contributed by atoms with Gasteiger partial charge in [-0.15, -0.1) is 0 Å². The zero-order valence-corrected chi connectivity index (χ0v) is 46.9. The third-order valence-electron chi connectivity index (χ3n) is 15.9. The Morgan fingerprint density at radius 3 is 1.44 bits per heavy atom. The Labute approximate surface area is 470 Å². The van der Waals surface area contributed by atoms with Crippen LogP contribution in [0.5, 0.6) is 17.2 Å². The predicted molar refractivity (Wildman–Crippen MR) is 299 cm³/mol. The smallest absolute Gasteiger partial charge is 0.341 e. The molecule has 25 heteroatoms. The maximum Gasteiger partial charge on any atom is 0.341 e. The van der Waals surface area contributed by atoms with Gasteiger partial charge in [0.15, 0.2) is 17.2 Å². The number of carboxylic acid groups (broad SMARTS) is 1. The molecule has 0 atom stereocenters. The van der Waals surface area contributed by atoms with Gasteiger partial charge in [-0.2, -0.15) is 0 Å². The van der Waals surface area contributed by atoms with Crippen LogP contribution in [-0.4, -0.2) is 111 Å². The maximum atomic E-state index is 15.7. The summed E-state index contributed by atoms with van der Waals surface area (Å²) in [4.78, 5) is 134. The van der Waals surface area contributed by atoms with Crippen molar-refractivity contribution in [2.45, 2.75) is 129 Å². The lowest BCUT2D eigenvalue weighted by molar-refractivity contribution is -0.132. The summed E-state index contributed by atoms with van der Waals surface area (Å²) >= 11 is 0. The fourth-order valence-corrected chi connectivity index (χ4v) is 10.3. The van der Waals surface area contributed by atoms with Gasteiger partial charge in [0.05, 0.1) is 47.9 Å². The molecule has 1 saturated carbocycles. The molecule has 0 spiro atoms. The maximum absolute atomic E-state index is 15.7. The summed E-state index contributed by atoms with van der Waals surface area (Å²) in [5, 5.41) is 52.4. The summed E-state index contributed by atoms with van der Waals surface area (Å²) in [6, 6.07) is 6.37. The lowest BCUT2D eigenvalue weighted by Crippen LogP contribution is -2.50. The normalized spacial score (nSPS) is 13.5. The second kappa shape index (κ2) is 25.8. The van der Waals surface area contributed by atoms with E-state index in [0.717, 1.165) is 18.9 Å². The van der Waals surface area contributed by atoms with E-state index in [4.69, 9.17) is 0 Å². The van der Waals surface area contributed by atoms with Crippen molar-refractivity contribution in [1.82, 2.24) is 44.4 Å². The number of carboxylic acids is 1. The zero-order chi connectivity index (χ0) is 59.9. The summed E-state index contributed by atoms with van der Waals surface area (Å²) in [6.45, 7) is 5.27. The van der Waals surface area contributed by atoms with Crippen LogP contribution >= 0.6 is 0 Å². The average molecular weight is 1140 g/mol. The van der Waals surface area contributed by atoms with Gasteiger partial charge in [-0.05, 0) is 77.8 Å². The number of aromatic carboxylic acids is 1. The number of unbranched alkanes of at least 4 members (excludes halogenated alkanes) is 1. The number of carbonyl (C=O) groups excluding carboxylic acids is 5. The molecule has 0 bridgehead atoms. The molecule has 1 aromatic carbocycles. The topological polar surface area (TPSA) is 326 Å². The molecule has 24 nitrogen and oxygen atoms in total. The minimum atomic E-state index is -1.45. The Morgan fingerprint density at radius 2 is 1.02 bits per heavy atom. The molecular weight excluding hydrogens is 1070 g/mol. The number of amides is 5. The van der Waals surface area contributed by atoms with Gasteiger partial charge in [0.1, 0.15) is 11.4 Å². The Kier molecular flexibility index (Phi) is 19.1. The van der Waals surface area contributed by atoms with Crippen molar-refractivity contribution >= 4 is 52.1 Å². The number of piperazine rings is 1. The van der Waals surface area contributed by atoms with E-state index in [9.17, 15) is 68.4 Å². The molecular formula is C57H71FN10O14. The first kappa shape index (κ1) is 60.9. The summed E-state index contributed by atoms with van der Waals surface area (Å²) in [7, 11) is 4.83. The van der Waals surface area contributed by atoms with Gasteiger partial charge in [0, 0.05) is 138 Å². The quantitative estimate of drug-likeness (QED) is 0.0412. The third kappa shape index (κ3) is 14.2. The molecule has 82 heavy (non-hydrogen) atoms. The number of nitrogens with zero attached hydrogens (tertiary/aromatic N) is 6. The molecule has 1 saturated heterocycles. The first-order valence-electron chi connectivity index (χ1n) is 27.2. The van der Waals surface area contributed by atoms with Gasteiger partial charge in [0.25, 0.3) is 0 Å². The number of benzene rings is 1. The molecule has 4 aromatic heterocycles. The molecule has 0 radical (unpaired) electrons. The van der Waals surface area contributed by atoms with Crippen LogP contribution in [0.15, 0.2) is 55.7 Å². The number of nitrogens with one attached hydrogen (secondary N) is 4. The van der Waals surface area contributed by atoms with Crippen molar-refractivity contribution in [3.63, 3.8) is 0 Å². The monoisotopic (exact) mass is 1140 g/mol. The van der Waals surface area contributed by atoms with Crippen LogP contribution in [-0.2, 0) is 64.7 Å². The number of carbonyl (C=O) groups is 6. The average Bonchev–Trinajstić information content (AvgIpc) is 4.40. The summed E-state index contributed by atoms with van der Waals surface area (Å²) in [5.41, 5.74) is -1.93. The highest BCUT2D eigenvalue weighted by atomic mass is 19.1. The number of anilines is 1. The molecule has 7 rings (SSSR count). The van der Waals surface area contributed by atoms with Gasteiger partial charge in [-0.25, -0.2) is 9.18 Å². The number of aryl methyl sites for hydroxylation is 3. The molecule has 8 N–H and O–H groups in total. The number of aromatic hydroxyl groups is 3. The second-order valence-corrected chi connectivity index (χ2v) is 21.4. The first-order chi connectivity index (χ1) is 38.8. The Bertz CT molecular complexity index is 3370. The molecule has 1 aliphatic heterocycles. The highest BCUT2D eigenvalue weighted by Gasteiger charge is 2.35. The van der Waals surface area contributed by atoms with Crippen LogP contribution in [0.25, 0.3) is 10.9 Å². The van der Waals surface area contributed by atoms with Crippen molar-refractivity contribution < 1.29 is 53.6 Å². The molecule has 2 fully saturated rings. The number of pyridine rings is 4. The number of halogens is 1. The number of hydrogen-bond donors (Lipinski definition) is 8.